The van der Waals surface area contributed by atoms with E-state index in [1.54, 1.807) is 12.1 Å². The van der Waals surface area contributed by atoms with Crippen LogP contribution >= 0.6 is 0 Å². The summed E-state index contributed by atoms with van der Waals surface area (Å²) in [5.74, 6) is -0.186. The number of morpholine rings is 1. The SMILES string of the molecule is CN1CCOCC1.Fc1ccc(C2=CC=NCC2)cc1. The van der Waals surface area contributed by atoms with Gasteiger partial charge in [0, 0.05) is 25.8 Å². The number of allylic oxidation sites excluding steroid dienone is 1. The van der Waals surface area contributed by atoms with Gasteiger partial charge in [-0.05, 0) is 42.8 Å². The normalized spacial score (nSPS) is 19.0. The first-order valence-corrected chi connectivity index (χ1v) is 6.97. The number of likely N-dealkylation sites (N-methyl/N-ethyl adjacent to an activating group) is 1. The topological polar surface area (TPSA) is 24.8 Å². The molecule has 0 bridgehead atoms. The molecule has 1 aromatic rings. The zero-order valence-corrected chi connectivity index (χ0v) is 11.9. The Hall–Kier alpha value is -1.52. The number of hydrogen-bond acceptors (Lipinski definition) is 3. The van der Waals surface area contributed by atoms with Crippen molar-refractivity contribution in [2.24, 2.45) is 4.99 Å². The summed E-state index contributed by atoms with van der Waals surface area (Å²) in [5, 5.41) is 0. The lowest BCUT2D eigenvalue weighted by molar-refractivity contribution is 0.0503. The Bertz CT molecular complexity index is 462. The van der Waals surface area contributed by atoms with Crippen molar-refractivity contribution < 1.29 is 9.13 Å². The van der Waals surface area contributed by atoms with E-state index in [1.165, 1.54) is 17.7 Å². The van der Waals surface area contributed by atoms with Gasteiger partial charge in [0.05, 0.1) is 13.2 Å². The standard InChI is InChI=1S/C11H10FN.C5H11NO/c12-11-3-1-9(2-4-11)10-5-7-13-8-6-10;1-6-2-4-7-5-3-6/h1-5,7H,6,8H2;2-5H2,1H3. The van der Waals surface area contributed by atoms with Crippen LogP contribution in [-0.2, 0) is 4.74 Å². The van der Waals surface area contributed by atoms with Crippen LogP contribution in [0.2, 0.25) is 0 Å². The second kappa shape index (κ2) is 7.92. The van der Waals surface area contributed by atoms with Crippen molar-refractivity contribution in [2.45, 2.75) is 6.42 Å². The van der Waals surface area contributed by atoms with E-state index in [1.807, 2.05) is 12.3 Å². The van der Waals surface area contributed by atoms with E-state index in [0.717, 1.165) is 44.8 Å². The Morgan fingerprint density at radius 1 is 1.15 bits per heavy atom. The van der Waals surface area contributed by atoms with E-state index in [0.29, 0.717) is 0 Å². The molecule has 2 aliphatic heterocycles. The van der Waals surface area contributed by atoms with Crippen LogP contribution in [0.25, 0.3) is 5.57 Å². The number of dihydropyridines is 1. The second-order valence-corrected chi connectivity index (χ2v) is 4.92. The molecule has 0 radical (unpaired) electrons. The molecule has 1 saturated heterocycles. The Morgan fingerprint density at radius 3 is 2.35 bits per heavy atom. The highest BCUT2D eigenvalue weighted by molar-refractivity contribution is 5.86. The first-order valence-electron chi connectivity index (χ1n) is 6.97. The van der Waals surface area contributed by atoms with Gasteiger partial charge in [-0.25, -0.2) is 4.39 Å². The molecule has 20 heavy (non-hydrogen) atoms. The van der Waals surface area contributed by atoms with E-state index < -0.39 is 0 Å². The van der Waals surface area contributed by atoms with E-state index >= 15 is 0 Å². The van der Waals surface area contributed by atoms with Gasteiger partial charge in [-0.1, -0.05) is 12.1 Å². The number of halogens is 1. The van der Waals surface area contributed by atoms with Crippen LogP contribution in [0.15, 0.2) is 35.3 Å². The van der Waals surface area contributed by atoms with Crippen LogP contribution < -0.4 is 0 Å². The molecule has 0 aromatic heterocycles. The predicted octanol–water partition coefficient (Wildman–Crippen LogP) is 2.63. The zero-order valence-electron chi connectivity index (χ0n) is 11.9. The van der Waals surface area contributed by atoms with Gasteiger partial charge in [-0.15, -0.1) is 0 Å². The van der Waals surface area contributed by atoms with Gasteiger partial charge < -0.3 is 9.64 Å². The maximum Gasteiger partial charge on any atom is 0.123 e. The summed E-state index contributed by atoms with van der Waals surface area (Å²) >= 11 is 0. The van der Waals surface area contributed by atoms with Gasteiger partial charge in [0.2, 0.25) is 0 Å². The van der Waals surface area contributed by atoms with Gasteiger partial charge in [0.25, 0.3) is 0 Å². The molecule has 2 heterocycles. The molecule has 0 spiro atoms. The van der Waals surface area contributed by atoms with E-state index in [-0.39, 0.29) is 5.82 Å². The van der Waals surface area contributed by atoms with Crippen molar-refractivity contribution in [1.82, 2.24) is 4.90 Å². The van der Waals surface area contributed by atoms with Crippen molar-refractivity contribution in [1.29, 1.82) is 0 Å². The van der Waals surface area contributed by atoms with Gasteiger partial charge in [0.1, 0.15) is 5.82 Å². The highest BCUT2D eigenvalue weighted by atomic mass is 19.1. The fraction of sp³-hybridized carbons (Fsp3) is 0.438. The van der Waals surface area contributed by atoms with Crippen LogP contribution in [0, 0.1) is 5.82 Å². The Morgan fingerprint density at radius 2 is 1.85 bits per heavy atom. The molecule has 0 atom stereocenters. The third-order valence-corrected chi connectivity index (χ3v) is 3.34. The van der Waals surface area contributed by atoms with E-state index in [2.05, 4.69) is 16.9 Å². The fourth-order valence-electron chi connectivity index (χ4n) is 2.04. The Balaban J connectivity index is 0.000000178. The third kappa shape index (κ3) is 4.87. The number of benzene rings is 1. The summed E-state index contributed by atoms with van der Waals surface area (Å²) < 4.78 is 17.7. The lowest BCUT2D eigenvalue weighted by Gasteiger charge is -2.21. The van der Waals surface area contributed by atoms with Crippen molar-refractivity contribution >= 4 is 11.8 Å². The fourth-order valence-corrected chi connectivity index (χ4v) is 2.04. The second-order valence-electron chi connectivity index (χ2n) is 4.92. The largest absolute Gasteiger partial charge is 0.379 e. The molecule has 0 amide bonds. The molecule has 0 aliphatic carbocycles. The van der Waals surface area contributed by atoms with E-state index in [4.69, 9.17) is 4.74 Å². The van der Waals surface area contributed by atoms with Gasteiger partial charge in [-0.3, -0.25) is 4.99 Å². The average molecular weight is 276 g/mol. The molecular weight excluding hydrogens is 255 g/mol. The highest BCUT2D eigenvalue weighted by Gasteiger charge is 2.03. The third-order valence-electron chi connectivity index (χ3n) is 3.34. The highest BCUT2D eigenvalue weighted by Crippen LogP contribution is 2.19. The minimum atomic E-state index is -0.186. The number of rotatable bonds is 1. The summed E-state index contributed by atoms with van der Waals surface area (Å²) in [6.45, 7) is 4.86. The first kappa shape index (κ1) is 14.9. The lowest BCUT2D eigenvalue weighted by atomic mass is 10.0. The Labute approximate surface area is 119 Å². The van der Waals surface area contributed by atoms with Crippen LogP contribution in [0.5, 0.6) is 0 Å². The monoisotopic (exact) mass is 276 g/mol. The number of nitrogens with zero attached hydrogens (tertiary/aromatic N) is 2. The van der Waals surface area contributed by atoms with Gasteiger partial charge >= 0.3 is 0 Å². The quantitative estimate of drug-likeness (QED) is 0.787. The van der Waals surface area contributed by atoms with Crippen LogP contribution in [-0.4, -0.2) is 51.0 Å². The molecule has 2 aliphatic rings. The summed E-state index contributed by atoms with van der Waals surface area (Å²) in [5.41, 5.74) is 2.32. The van der Waals surface area contributed by atoms with Gasteiger partial charge in [0.15, 0.2) is 0 Å². The van der Waals surface area contributed by atoms with Crippen molar-refractivity contribution in [3.8, 4) is 0 Å². The molecule has 3 nitrogen and oxygen atoms in total. The maximum atomic E-state index is 12.6. The van der Waals surface area contributed by atoms with Gasteiger partial charge in [-0.2, -0.15) is 0 Å². The molecule has 0 unspecified atom stereocenters. The Kier molecular flexibility index (Phi) is 5.89. The molecule has 3 rings (SSSR count). The van der Waals surface area contributed by atoms with Crippen LogP contribution in [0.4, 0.5) is 4.39 Å². The maximum absolute atomic E-state index is 12.6. The lowest BCUT2D eigenvalue weighted by Crippen LogP contribution is -2.32. The molecule has 4 heteroatoms. The minimum absolute atomic E-state index is 0.186. The van der Waals surface area contributed by atoms with E-state index in [9.17, 15) is 4.39 Å². The first-order chi connectivity index (χ1) is 9.75. The summed E-state index contributed by atoms with van der Waals surface area (Å²) in [6, 6.07) is 6.59. The smallest absolute Gasteiger partial charge is 0.123 e. The summed E-state index contributed by atoms with van der Waals surface area (Å²) in [6.07, 6.45) is 4.74. The minimum Gasteiger partial charge on any atom is -0.379 e. The van der Waals surface area contributed by atoms with Crippen molar-refractivity contribution in [3.63, 3.8) is 0 Å². The zero-order chi connectivity index (χ0) is 14.2. The molecule has 1 fully saturated rings. The number of aliphatic imine (C=N–C) groups is 1. The average Bonchev–Trinajstić information content (AvgIpc) is 2.50. The summed E-state index contributed by atoms with van der Waals surface area (Å²) in [4.78, 5) is 6.36. The molecule has 1 aromatic carbocycles. The number of hydrogen-bond donors (Lipinski definition) is 0. The summed E-state index contributed by atoms with van der Waals surface area (Å²) in [7, 11) is 2.11. The van der Waals surface area contributed by atoms with Crippen LogP contribution in [0.3, 0.4) is 0 Å². The molecule has 108 valence electrons. The molecular formula is C16H21FN2O. The van der Waals surface area contributed by atoms with Crippen molar-refractivity contribution in [3.05, 3.63) is 41.7 Å². The van der Waals surface area contributed by atoms with Crippen molar-refractivity contribution in [2.75, 3.05) is 39.9 Å². The molecule has 0 saturated carbocycles. The predicted molar refractivity (Wildman–Crippen MR) is 80.7 cm³/mol. The number of ether oxygens (including phenoxy) is 1. The molecule has 0 N–H and O–H groups in total. The van der Waals surface area contributed by atoms with Crippen LogP contribution in [0.1, 0.15) is 12.0 Å².